The van der Waals surface area contributed by atoms with Crippen molar-refractivity contribution < 1.29 is 54.4 Å². The van der Waals surface area contributed by atoms with Gasteiger partial charge in [0.2, 0.25) is 0 Å². The molecule has 4 atom stereocenters. The molecule has 0 bridgehead atoms. The quantitative estimate of drug-likeness (QED) is 0.203. The largest absolute Gasteiger partial charge is 0.397 e. The van der Waals surface area contributed by atoms with Crippen LogP contribution in [0.25, 0.3) is 0 Å². The van der Waals surface area contributed by atoms with Crippen molar-refractivity contribution in [2.45, 2.75) is 24.4 Å². The molecule has 0 aliphatic heterocycles. The van der Waals surface area contributed by atoms with Gasteiger partial charge in [0.05, 0.1) is 6.61 Å². The summed E-state index contributed by atoms with van der Waals surface area (Å²) in [5.74, 6) is 0. The molecule has 120 valence electrons. The predicted octanol–water partition coefficient (Wildman–Crippen LogP) is -3.72. The Bertz CT molecular complexity index is 508. The minimum atomic E-state index is -5.20. The first kappa shape index (κ1) is 19.3. The van der Waals surface area contributed by atoms with Crippen LogP contribution < -0.4 is 0 Å². The van der Waals surface area contributed by atoms with Gasteiger partial charge < -0.3 is 20.1 Å². The summed E-state index contributed by atoms with van der Waals surface area (Å²) in [6.07, 6.45) is -9.40. The summed E-state index contributed by atoms with van der Waals surface area (Å²) >= 11 is 0. The molecular formula is C6H12O12S2. The smallest absolute Gasteiger partial charge is 0.388 e. The molecule has 0 saturated heterocycles. The number of aliphatic hydroxyl groups is 3. The van der Waals surface area contributed by atoms with Gasteiger partial charge in [0, 0.05) is 0 Å². The molecular weight excluding hydrogens is 328 g/mol. The van der Waals surface area contributed by atoms with Crippen molar-refractivity contribution in [3.63, 3.8) is 0 Å². The van der Waals surface area contributed by atoms with Crippen LogP contribution in [0.15, 0.2) is 0 Å². The van der Waals surface area contributed by atoms with Gasteiger partial charge in [-0.3, -0.25) is 9.11 Å². The third-order valence-electron chi connectivity index (χ3n) is 1.83. The molecule has 0 aromatic heterocycles. The fourth-order valence-electron chi connectivity index (χ4n) is 1.01. The number of rotatable bonds is 9. The van der Waals surface area contributed by atoms with E-state index in [1.807, 2.05) is 0 Å². The molecule has 0 radical (unpaired) electrons. The van der Waals surface area contributed by atoms with Crippen molar-refractivity contribution >= 4 is 27.1 Å². The first-order chi connectivity index (χ1) is 8.87. The van der Waals surface area contributed by atoms with Gasteiger partial charge in [0.25, 0.3) is 0 Å². The lowest BCUT2D eigenvalue weighted by atomic mass is 10.0. The van der Waals surface area contributed by atoms with Gasteiger partial charge in [-0.25, -0.2) is 8.37 Å². The van der Waals surface area contributed by atoms with E-state index in [9.17, 15) is 31.8 Å². The van der Waals surface area contributed by atoms with E-state index in [1.165, 1.54) is 0 Å². The van der Waals surface area contributed by atoms with Crippen LogP contribution in [0, 0.1) is 0 Å². The zero-order chi connectivity index (χ0) is 16.1. The van der Waals surface area contributed by atoms with Crippen molar-refractivity contribution in [2.75, 3.05) is 6.61 Å². The lowest BCUT2D eigenvalue weighted by molar-refractivity contribution is -0.131. The van der Waals surface area contributed by atoms with Gasteiger partial charge in [0.1, 0.15) is 24.4 Å². The Balaban J connectivity index is 4.94. The van der Waals surface area contributed by atoms with Crippen molar-refractivity contribution in [1.29, 1.82) is 0 Å². The summed E-state index contributed by atoms with van der Waals surface area (Å²) in [6.45, 7) is -1.24. The summed E-state index contributed by atoms with van der Waals surface area (Å²) in [5, 5.41) is 27.8. The highest BCUT2D eigenvalue weighted by Crippen LogP contribution is 2.12. The fourth-order valence-corrected chi connectivity index (χ4v) is 1.83. The summed E-state index contributed by atoms with van der Waals surface area (Å²) in [7, 11) is -10.1. The van der Waals surface area contributed by atoms with Gasteiger partial charge in [-0.05, 0) is 0 Å². The van der Waals surface area contributed by atoms with Crippen molar-refractivity contribution in [3.8, 4) is 0 Å². The average molecular weight is 340 g/mol. The molecule has 0 saturated carbocycles. The number of aliphatic hydroxyl groups excluding tert-OH is 3. The number of carbonyl (C=O) groups excluding carboxylic acids is 1. The van der Waals surface area contributed by atoms with Crippen molar-refractivity contribution in [3.05, 3.63) is 0 Å². The molecule has 0 aliphatic rings. The van der Waals surface area contributed by atoms with Crippen LogP contribution in [0.5, 0.6) is 0 Å². The first-order valence-electron chi connectivity index (χ1n) is 4.64. The van der Waals surface area contributed by atoms with Gasteiger partial charge in [-0.2, -0.15) is 16.8 Å². The van der Waals surface area contributed by atoms with E-state index in [4.69, 9.17) is 14.2 Å². The van der Waals surface area contributed by atoms with Crippen LogP contribution in [0.4, 0.5) is 0 Å². The topological polar surface area (TPSA) is 205 Å². The van der Waals surface area contributed by atoms with Crippen LogP contribution in [0.3, 0.4) is 0 Å². The Morgan fingerprint density at radius 1 is 1.00 bits per heavy atom. The molecule has 14 heteroatoms. The molecule has 0 aromatic carbocycles. The molecule has 0 amide bonds. The molecule has 0 rings (SSSR count). The molecule has 0 spiro atoms. The Morgan fingerprint density at radius 3 is 1.85 bits per heavy atom. The molecule has 0 aromatic rings. The summed E-state index contributed by atoms with van der Waals surface area (Å²) in [4.78, 5) is 10.3. The Morgan fingerprint density at radius 2 is 1.50 bits per heavy atom. The standard InChI is InChI=1S/C6H12O12S2/c7-1-3(8)6(18-20(14,15)16)5(10)4(9)2-17-19(11,12)13/h1,3-6,8-10H,2H2,(H,11,12,13)(H,14,15,16)/t3-,4-,5-,6-/m1/s1. The van der Waals surface area contributed by atoms with Crippen LogP contribution in [-0.4, -0.2) is 78.6 Å². The maximum absolute atomic E-state index is 10.5. The second kappa shape index (κ2) is 7.34. The van der Waals surface area contributed by atoms with Crippen LogP contribution >= 0.6 is 0 Å². The van der Waals surface area contributed by atoms with E-state index in [1.54, 1.807) is 0 Å². The maximum atomic E-state index is 10.5. The molecule has 0 fully saturated rings. The second-order valence-corrected chi connectivity index (χ2v) is 5.52. The van der Waals surface area contributed by atoms with E-state index in [0.717, 1.165) is 0 Å². The Labute approximate surface area is 113 Å². The molecule has 0 aliphatic carbocycles. The highest BCUT2D eigenvalue weighted by molar-refractivity contribution is 7.81. The summed E-state index contributed by atoms with van der Waals surface area (Å²) < 4.78 is 65.4. The molecule has 5 N–H and O–H groups in total. The lowest BCUT2D eigenvalue weighted by Crippen LogP contribution is -2.49. The van der Waals surface area contributed by atoms with Gasteiger partial charge in [-0.15, -0.1) is 0 Å². The van der Waals surface area contributed by atoms with E-state index < -0.39 is 51.8 Å². The molecule has 20 heavy (non-hydrogen) atoms. The number of aldehydes is 1. The van der Waals surface area contributed by atoms with Crippen molar-refractivity contribution in [1.82, 2.24) is 0 Å². The highest BCUT2D eigenvalue weighted by atomic mass is 32.3. The first-order valence-corrected chi connectivity index (χ1v) is 7.37. The van der Waals surface area contributed by atoms with E-state index in [0.29, 0.717) is 0 Å². The van der Waals surface area contributed by atoms with Gasteiger partial charge in [0.15, 0.2) is 6.29 Å². The number of carbonyl (C=O) groups is 1. The number of hydrogen-bond donors (Lipinski definition) is 5. The minimum absolute atomic E-state index is 0.268. The summed E-state index contributed by atoms with van der Waals surface area (Å²) in [6, 6.07) is 0. The molecule has 0 unspecified atom stereocenters. The predicted molar refractivity (Wildman–Crippen MR) is 58.0 cm³/mol. The maximum Gasteiger partial charge on any atom is 0.397 e. The highest BCUT2D eigenvalue weighted by Gasteiger charge is 2.37. The SMILES string of the molecule is O=C[C@@H](O)[C@@H](OS(=O)(=O)O)[C@H](O)[C@H](O)COS(=O)(=O)O. The van der Waals surface area contributed by atoms with Gasteiger partial charge in [-0.1, -0.05) is 0 Å². The molecule has 0 heterocycles. The Hall–Kier alpha value is -0.710. The zero-order valence-corrected chi connectivity index (χ0v) is 11.1. The Kier molecular flexibility index (Phi) is 7.08. The van der Waals surface area contributed by atoms with Gasteiger partial charge >= 0.3 is 20.8 Å². The third kappa shape index (κ3) is 7.78. The van der Waals surface area contributed by atoms with E-state index >= 15 is 0 Å². The van der Waals surface area contributed by atoms with Crippen molar-refractivity contribution in [2.24, 2.45) is 0 Å². The lowest BCUT2D eigenvalue weighted by Gasteiger charge is -2.26. The normalized spacial score (nSPS) is 19.1. The van der Waals surface area contributed by atoms with E-state index in [-0.39, 0.29) is 6.29 Å². The van der Waals surface area contributed by atoms with Crippen LogP contribution in [0.1, 0.15) is 0 Å². The monoisotopic (exact) mass is 340 g/mol. The molecule has 12 nitrogen and oxygen atoms in total. The summed E-state index contributed by atoms with van der Waals surface area (Å²) in [5.41, 5.74) is 0. The average Bonchev–Trinajstić information content (AvgIpc) is 2.29. The minimum Gasteiger partial charge on any atom is -0.388 e. The van der Waals surface area contributed by atoms with Crippen LogP contribution in [0.2, 0.25) is 0 Å². The van der Waals surface area contributed by atoms with Crippen LogP contribution in [-0.2, 0) is 34.0 Å². The fraction of sp³-hybridized carbons (Fsp3) is 0.833. The zero-order valence-electron chi connectivity index (χ0n) is 9.50. The third-order valence-corrected chi connectivity index (χ3v) is 2.73. The van der Waals surface area contributed by atoms with E-state index in [2.05, 4.69) is 8.37 Å². The number of hydrogen-bond acceptors (Lipinski definition) is 10. The second-order valence-electron chi connectivity index (χ2n) is 3.39.